The highest BCUT2D eigenvalue weighted by Gasteiger charge is 2.04. The maximum absolute atomic E-state index is 5.63. The van der Waals surface area contributed by atoms with Crippen LogP contribution in [0.4, 0.5) is 5.82 Å². The molecule has 2 rings (SSSR count). The van der Waals surface area contributed by atoms with E-state index in [-0.39, 0.29) is 6.10 Å². The zero-order chi connectivity index (χ0) is 14.4. The van der Waals surface area contributed by atoms with Gasteiger partial charge in [-0.3, -0.25) is 0 Å². The Kier molecular flexibility index (Phi) is 4.93. The van der Waals surface area contributed by atoms with Gasteiger partial charge in [-0.2, -0.15) is 0 Å². The Morgan fingerprint density at radius 3 is 2.55 bits per heavy atom. The smallest absolute Gasteiger partial charge is 0.161 e. The van der Waals surface area contributed by atoms with Crippen molar-refractivity contribution in [2.45, 2.75) is 33.3 Å². The highest BCUT2D eigenvalue weighted by atomic mass is 16.5. The third-order valence-corrected chi connectivity index (χ3v) is 2.70. The molecule has 20 heavy (non-hydrogen) atoms. The van der Waals surface area contributed by atoms with E-state index < -0.39 is 0 Å². The van der Waals surface area contributed by atoms with Gasteiger partial charge in [0.25, 0.3) is 0 Å². The molecule has 1 aromatic heterocycles. The second-order valence-electron chi connectivity index (χ2n) is 4.88. The highest BCUT2D eigenvalue weighted by molar-refractivity contribution is 5.58. The van der Waals surface area contributed by atoms with E-state index in [1.165, 1.54) is 0 Å². The zero-order valence-corrected chi connectivity index (χ0v) is 12.3. The Morgan fingerprint density at radius 1 is 1.15 bits per heavy atom. The van der Waals surface area contributed by atoms with Crippen molar-refractivity contribution >= 4 is 5.82 Å². The number of anilines is 1. The molecule has 0 radical (unpaired) electrons. The average molecular weight is 271 g/mol. The monoisotopic (exact) mass is 271 g/mol. The number of hydrogen-bond acceptors (Lipinski definition) is 4. The lowest BCUT2D eigenvalue weighted by Crippen LogP contribution is -2.05. The van der Waals surface area contributed by atoms with Crippen LogP contribution in [0.2, 0.25) is 0 Å². The first-order chi connectivity index (χ1) is 9.69. The first-order valence-electron chi connectivity index (χ1n) is 7.03. The molecule has 0 saturated carbocycles. The van der Waals surface area contributed by atoms with Crippen LogP contribution in [0, 0.1) is 0 Å². The first-order valence-corrected chi connectivity index (χ1v) is 7.03. The Balaban J connectivity index is 2.14. The van der Waals surface area contributed by atoms with Gasteiger partial charge in [-0.15, -0.1) is 0 Å². The van der Waals surface area contributed by atoms with Gasteiger partial charge in [-0.1, -0.05) is 6.92 Å². The molecule has 0 bridgehead atoms. The summed E-state index contributed by atoms with van der Waals surface area (Å²) < 4.78 is 5.63. The quantitative estimate of drug-likeness (QED) is 0.869. The molecule has 0 spiro atoms. The van der Waals surface area contributed by atoms with Crippen LogP contribution in [0.3, 0.4) is 0 Å². The SMILES string of the molecule is CCCNc1ccnc(-c2ccc(OC(C)C)cc2)n1. The van der Waals surface area contributed by atoms with Crippen molar-refractivity contribution in [1.82, 2.24) is 9.97 Å². The van der Waals surface area contributed by atoms with Gasteiger partial charge in [-0.25, -0.2) is 9.97 Å². The third kappa shape index (κ3) is 3.95. The molecule has 0 aliphatic heterocycles. The van der Waals surface area contributed by atoms with Crippen LogP contribution in [0.1, 0.15) is 27.2 Å². The van der Waals surface area contributed by atoms with E-state index in [2.05, 4.69) is 22.2 Å². The molecule has 4 heteroatoms. The fraction of sp³-hybridized carbons (Fsp3) is 0.375. The van der Waals surface area contributed by atoms with E-state index in [9.17, 15) is 0 Å². The van der Waals surface area contributed by atoms with Crippen LogP contribution >= 0.6 is 0 Å². The standard InChI is InChI=1S/C16H21N3O/c1-4-10-17-15-9-11-18-16(19-15)13-5-7-14(8-6-13)20-12(2)3/h5-9,11-12H,4,10H2,1-3H3,(H,17,18,19). The van der Waals surface area contributed by atoms with Gasteiger partial charge >= 0.3 is 0 Å². The molecule has 0 unspecified atom stereocenters. The lowest BCUT2D eigenvalue weighted by molar-refractivity contribution is 0.242. The van der Waals surface area contributed by atoms with Gasteiger partial charge in [0.15, 0.2) is 5.82 Å². The number of rotatable bonds is 6. The number of aromatic nitrogens is 2. The largest absolute Gasteiger partial charge is 0.491 e. The molecule has 4 nitrogen and oxygen atoms in total. The van der Waals surface area contributed by atoms with E-state index in [0.717, 1.165) is 35.9 Å². The molecule has 2 aromatic rings. The topological polar surface area (TPSA) is 47.0 Å². The Hall–Kier alpha value is -2.10. The Morgan fingerprint density at radius 2 is 1.90 bits per heavy atom. The summed E-state index contributed by atoms with van der Waals surface area (Å²) in [5, 5.41) is 3.27. The summed E-state index contributed by atoms with van der Waals surface area (Å²) in [5.74, 6) is 2.45. The molecule has 1 N–H and O–H groups in total. The predicted octanol–water partition coefficient (Wildman–Crippen LogP) is 3.75. The molecule has 0 amide bonds. The zero-order valence-electron chi connectivity index (χ0n) is 12.3. The molecule has 0 fully saturated rings. The van der Waals surface area contributed by atoms with Crippen LogP contribution in [-0.4, -0.2) is 22.6 Å². The fourth-order valence-electron chi connectivity index (χ4n) is 1.80. The van der Waals surface area contributed by atoms with Crippen molar-refractivity contribution in [3.63, 3.8) is 0 Å². The van der Waals surface area contributed by atoms with Crippen molar-refractivity contribution in [3.8, 4) is 17.1 Å². The first kappa shape index (κ1) is 14.3. The van der Waals surface area contributed by atoms with E-state index in [4.69, 9.17) is 4.74 Å². The van der Waals surface area contributed by atoms with Crippen molar-refractivity contribution < 1.29 is 4.74 Å². The van der Waals surface area contributed by atoms with Crippen molar-refractivity contribution in [3.05, 3.63) is 36.5 Å². The number of nitrogens with one attached hydrogen (secondary N) is 1. The van der Waals surface area contributed by atoms with Crippen molar-refractivity contribution in [2.75, 3.05) is 11.9 Å². The summed E-state index contributed by atoms with van der Waals surface area (Å²) >= 11 is 0. The van der Waals surface area contributed by atoms with Gasteiger partial charge < -0.3 is 10.1 Å². The number of hydrogen-bond donors (Lipinski definition) is 1. The minimum Gasteiger partial charge on any atom is -0.491 e. The molecular formula is C16H21N3O. The summed E-state index contributed by atoms with van der Waals surface area (Å²) in [6.07, 6.45) is 3.03. The van der Waals surface area contributed by atoms with Gasteiger partial charge in [-0.05, 0) is 50.6 Å². The van der Waals surface area contributed by atoms with Crippen LogP contribution in [0.15, 0.2) is 36.5 Å². The molecular weight excluding hydrogens is 250 g/mol. The normalized spacial score (nSPS) is 10.6. The predicted molar refractivity (Wildman–Crippen MR) is 82.0 cm³/mol. The molecule has 0 saturated heterocycles. The van der Waals surface area contributed by atoms with E-state index in [1.807, 2.05) is 44.2 Å². The Bertz CT molecular complexity index is 538. The summed E-state index contributed by atoms with van der Waals surface area (Å²) in [6.45, 7) is 7.07. The second-order valence-corrected chi connectivity index (χ2v) is 4.88. The molecule has 106 valence electrons. The lowest BCUT2D eigenvalue weighted by atomic mass is 10.2. The van der Waals surface area contributed by atoms with Crippen LogP contribution in [0.25, 0.3) is 11.4 Å². The Labute approximate surface area is 120 Å². The van der Waals surface area contributed by atoms with Gasteiger partial charge in [0, 0.05) is 18.3 Å². The average Bonchev–Trinajstić information content (AvgIpc) is 2.45. The van der Waals surface area contributed by atoms with Crippen molar-refractivity contribution in [2.24, 2.45) is 0 Å². The minimum atomic E-state index is 0.179. The summed E-state index contributed by atoms with van der Waals surface area (Å²) in [5.41, 5.74) is 0.987. The van der Waals surface area contributed by atoms with Gasteiger partial charge in [0.1, 0.15) is 11.6 Å². The third-order valence-electron chi connectivity index (χ3n) is 2.70. The van der Waals surface area contributed by atoms with Crippen LogP contribution < -0.4 is 10.1 Å². The maximum atomic E-state index is 5.63. The second kappa shape index (κ2) is 6.89. The van der Waals surface area contributed by atoms with Crippen molar-refractivity contribution in [1.29, 1.82) is 0 Å². The molecule has 0 atom stereocenters. The van der Waals surface area contributed by atoms with E-state index in [0.29, 0.717) is 0 Å². The molecule has 0 aliphatic rings. The van der Waals surface area contributed by atoms with E-state index >= 15 is 0 Å². The summed E-state index contributed by atoms with van der Waals surface area (Å²) in [6, 6.07) is 9.75. The fourth-order valence-corrected chi connectivity index (χ4v) is 1.80. The highest BCUT2D eigenvalue weighted by Crippen LogP contribution is 2.20. The van der Waals surface area contributed by atoms with Crippen LogP contribution in [0.5, 0.6) is 5.75 Å². The summed E-state index contributed by atoms with van der Waals surface area (Å²) in [4.78, 5) is 8.82. The minimum absolute atomic E-state index is 0.179. The molecule has 1 aromatic carbocycles. The van der Waals surface area contributed by atoms with E-state index in [1.54, 1.807) is 6.20 Å². The van der Waals surface area contributed by atoms with Crippen LogP contribution in [-0.2, 0) is 0 Å². The number of ether oxygens (including phenoxy) is 1. The molecule has 1 heterocycles. The van der Waals surface area contributed by atoms with Gasteiger partial charge in [0.2, 0.25) is 0 Å². The number of nitrogens with zero attached hydrogens (tertiary/aromatic N) is 2. The molecule has 0 aliphatic carbocycles. The number of benzene rings is 1. The van der Waals surface area contributed by atoms with Gasteiger partial charge in [0.05, 0.1) is 6.10 Å². The summed E-state index contributed by atoms with van der Waals surface area (Å²) in [7, 11) is 0. The lowest BCUT2D eigenvalue weighted by Gasteiger charge is -2.10. The maximum Gasteiger partial charge on any atom is 0.161 e.